The van der Waals surface area contributed by atoms with E-state index in [0.717, 1.165) is 33.7 Å². The van der Waals surface area contributed by atoms with Crippen LogP contribution in [0.2, 0.25) is 0 Å². The van der Waals surface area contributed by atoms with Gasteiger partial charge in [-0.25, -0.2) is 4.98 Å². The number of fused-ring (bicyclic) bond motifs is 2. The number of rotatable bonds is 2. The number of anilines is 1. The monoisotopic (exact) mass is 358 g/mol. The Morgan fingerprint density at radius 3 is 2.63 bits per heavy atom. The van der Waals surface area contributed by atoms with E-state index in [1.807, 2.05) is 35.2 Å². The Morgan fingerprint density at radius 1 is 1.11 bits per heavy atom. The van der Waals surface area contributed by atoms with Crippen LogP contribution >= 0.6 is 0 Å². The molecule has 0 aliphatic carbocycles. The second-order valence-electron chi connectivity index (χ2n) is 7.13. The van der Waals surface area contributed by atoms with Gasteiger partial charge in [0, 0.05) is 18.4 Å². The van der Waals surface area contributed by atoms with E-state index in [9.17, 15) is 4.79 Å². The molecule has 0 spiro atoms. The molecule has 0 N–H and O–H groups in total. The quantitative estimate of drug-likeness (QED) is 0.607. The molecule has 1 amide bonds. The van der Waals surface area contributed by atoms with E-state index in [1.165, 1.54) is 0 Å². The maximum atomic E-state index is 12.3. The maximum absolute atomic E-state index is 12.3. The van der Waals surface area contributed by atoms with Crippen LogP contribution in [-0.4, -0.2) is 10.9 Å². The van der Waals surface area contributed by atoms with Gasteiger partial charge in [-0.05, 0) is 34.9 Å². The molecule has 3 aromatic rings. The topological polar surface area (TPSA) is 46.3 Å². The van der Waals surface area contributed by atoms with Gasteiger partial charge in [0.2, 0.25) is 11.8 Å². The number of aromatic nitrogens is 1. The SMILES string of the molecule is CC(=O)N1Cc2ccc(-c3ncc(C(C)C)o3)cc2/C=C\c2ccccc21. The predicted molar refractivity (Wildman–Crippen MR) is 108 cm³/mol. The molecule has 27 heavy (non-hydrogen) atoms. The fourth-order valence-corrected chi connectivity index (χ4v) is 3.30. The minimum atomic E-state index is 0.0297. The molecule has 2 heterocycles. The number of nitrogens with zero attached hydrogens (tertiary/aromatic N) is 2. The molecule has 1 aliphatic rings. The number of benzene rings is 2. The van der Waals surface area contributed by atoms with Crippen molar-refractivity contribution in [2.45, 2.75) is 33.2 Å². The fourth-order valence-electron chi connectivity index (χ4n) is 3.30. The van der Waals surface area contributed by atoms with Gasteiger partial charge < -0.3 is 9.32 Å². The van der Waals surface area contributed by atoms with E-state index in [1.54, 1.807) is 13.1 Å². The highest BCUT2D eigenvalue weighted by Crippen LogP contribution is 2.31. The van der Waals surface area contributed by atoms with Gasteiger partial charge in [0.25, 0.3) is 0 Å². The normalized spacial score (nSPS) is 14.3. The predicted octanol–water partition coefficient (Wildman–Crippen LogP) is 5.50. The van der Waals surface area contributed by atoms with Gasteiger partial charge in [0.1, 0.15) is 5.76 Å². The van der Waals surface area contributed by atoms with Crippen LogP contribution in [0, 0.1) is 0 Å². The van der Waals surface area contributed by atoms with Crippen LogP contribution in [0.3, 0.4) is 0 Å². The molecule has 0 unspecified atom stereocenters. The summed E-state index contributed by atoms with van der Waals surface area (Å²) in [6.45, 7) is 6.31. The van der Waals surface area contributed by atoms with Gasteiger partial charge >= 0.3 is 0 Å². The number of hydrogen-bond donors (Lipinski definition) is 0. The van der Waals surface area contributed by atoms with Crippen molar-refractivity contribution in [1.29, 1.82) is 0 Å². The Labute approximate surface area is 159 Å². The lowest BCUT2D eigenvalue weighted by Crippen LogP contribution is -2.29. The van der Waals surface area contributed by atoms with Crippen LogP contribution in [0.1, 0.15) is 49.1 Å². The first kappa shape index (κ1) is 17.3. The lowest BCUT2D eigenvalue weighted by atomic mass is 9.99. The van der Waals surface area contributed by atoms with Gasteiger partial charge in [-0.3, -0.25) is 4.79 Å². The first-order valence-corrected chi connectivity index (χ1v) is 9.17. The lowest BCUT2D eigenvalue weighted by Gasteiger charge is -2.26. The molecule has 1 aliphatic heterocycles. The summed E-state index contributed by atoms with van der Waals surface area (Å²) in [6, 6.07) is 14.1. The Hall–Kier alpha value is -3.14. The molecule has 136 valence electrons. The zero-order valence-corrected chi connectivity index (χ0v) is 15.8. The standard InChI is InChI=1S/C23H22N2O2/c1-15(2)22-13-24-23(27-22)19-10-11-20-14-25(16(3)26)21-7-5-4-6-17(21)8-9-18(20)12-19/h4-13,15H,14H2,1-3H3/b9-8-. The summed E-state index contributed by atoms with van der Waals surface area (Å²) in [5.41, 5.74) is 5.06. The van der Waals surface area contributed by atoms with E-state index >= 15 is 0 Å². The molecular formula is C23H22N2O2. The van der Waals surface area contributed by atoms with Crippen LogP contribution in [0.4, 0.5) is 5.69 Å². The highest BCUT2D eigenvalue weighted by molar-refractivity contribution is 5.95. The number of amides is 1. The van der Waals surface area contributed by atoms with E-state index < -0.39 is 0 Å². The van der Waals surface area contributed by atoms with Gasteiger partial charge in [0.15, 0.2) is 0 Å². The average Bonchev–Trinajstić information content (AvgIpc) is 3.13. The maximum Gasteiger partial charge on any atom is 0.226 e. The Balaban J connectivity index is 1.78. The number of para-hydroxylation sites is 1. The molecule has 4 nitrogen and oxygen atoms in total. The molecule has 0 fully saturated rings. The number of carbonyl (C=O) groups is 1. The third-order valence-corrected chi connectivity index (χ3v) is 4.86. The van der Waals surface area contributed by atoms with E-state index in [0.29, 0.717) is 18.4 Å². The van der Waals surface area contributed by atoms with Crippen molar-refractivity contribution in [1.82, 2.24) is 4.98 Å². The molecule has 0 radical (unpaired) electrons. The zero-order valence-electron chi connectivity index (χ0n) is 15.8. The summed E-state index contributed by atoms with van der Waals surface area (Å²) in [5, 5.41) is 0. The molecular weight excluding hydrogens is 336 g/mol. The zero-order chi connectivity index (χ0) is 19.0. The molecule has 4 heteroatoms. The van der Waals surface area contributed by atoms with Crippen LogP contribution in [-0.2, 0) is 11.3 Å². The van der Waals surface area contributed by atoms with Crippen molar-refractivity contribution in [3.8, 4) is 11.5 Å². The highest BCUT2D eigenvalue weighted by atomic mass is 16.4. The van der Waals surface area contributed by atoms with E-state index in [4.69, 9.17) is 4.42 Å². The van der Waals surface area contributed by atoms with E-state index in [-0.39, 0.29) is 5.91 Å². The van der Waals surface area contributed by atoms with Crippen molar-refractivity contribution < 1.29 is 9.21 Å². The van der Waals surface area contributed by atoms with Crippen LogP contribution in [0.5, 0.6) is 0 Å². The highest BCUT2D eigenvalue weighted by Gasteiger charge is 2.19. The molecule has 0 bridgehead atoms. The Bertz CT molecular complexity index is 1030. The molecule has 0 saturated carbocycles. The smallest absolute Gasteiger partial charge is 0.226 e. The lowest BCUT2D eigenvalue weighted by molar-refractivity contribution is -0.116. The third-order valence-electron chi connectivity index (χ3n) is 4.86. The molecule has 0 atom stereocenters. The number of oxazole rings is 1. The molecule has 1 aromatic heterocycles. The summed E-state index contributed by atoms with van der Waals surface area (Å²) in [6.07, 6.45) is 5.95. The third kappa shape index (κ3) is 3.31. The average molecular weight is 358 g/mol. The Morgan fingerprint density at radius 2 is 1.89 bits per heavy atom. The minimum Gasteiger partial charge on any atom is -0.441 e. The Kier molecular flexibility index (Phi) is 4.40. The summed E-state index contributed by atoms with van der Waals surface area (Å²) in [5.74, 6) is 1.84. The second kappa shape index (κ2) is 6.88. The molecule has 2 aromatic carbocycles. The first-order valence-electron chi connectivity index (χ1n) is 9.17. The van der Waals surface area contributed by atoms with Gasteiger partial charge in [-0.15, -0.1) is 0 Å². The molecule has 0 saturated heterocycles. The van der Waals surface area contributed by atoms with Crippen LogP contribution < -0.4 is 4.90 Å². The summed E-state index contributed by atoms with van der Waals surface area (Å²) in [7, 11) is 0. The summed E-state index contributed by atoms with van der Waals surface area (Å²) >= 11 is 0. The minimum absolute atomic E-state index is 0.0297. The van der Waals surface area contributed by atoms with Gasteiger partial charge in [-0.2, -0.15) is 0 Å². The fraction of sp³-hybridized carbons (Fsp3) is 0.217. The summed E-state index contributed by atoms with van der Waals surface area (Å²) in [4.78, 5) is 18.5. The van der Waals surface area contributed by atoms with Crippen LogP contribution in [0.25, 0.3) is 23.6 Å². The first-order chi connectivity index (χ1) is 13.0. The number of carbonyl (C=O) groups excluding carboxylic acids is 1. The largest absolute Gasteiger partial charge is 0.441 e. The number of hydrogen-bond acceptors (Lipinski definition) is 3. The van der Waals surface area contributed by atoms with Gasteiger partial charge in [0.05, 0.1) is 18.4 Å². The van der Waals surface area contributed by atoms with Crippen molar-refractivity contribution in [2.75, 3.05) is 4.90 Å². The second-order valence-corrected chi connectivity index (χ2v) is 7.13. The van der Waals surface area contributed by atoms with Crippen LogP contribution in [0.15, 0.2) is 53.1 Å². The van der Waals surface area contributed by atoms with Crippen molar-refractivity contribution in [3.63, 3.8) is 0 Å². The van der Waals surface area contributed by atoms with Crippen molar-refractivity contribution >= 4 is 23.7 Å². The molecule has 4 rings (SSSR count). The van der Waals surface area contributed by atoms with Crippen molar-refractivity contribution in [2.24, 2.45) is 0 Å². The summed E-state index contributed by atoms with van der Waals surface area (Å²) < 4.78 is 5.89. The van der Waals surface area contributed by atoms with Gasteiger partial charge in [-0.1, -0.05) is 50.3 Å². The van der Waals surface area contributed by atoms with E-state index in [2.05, 4.69) is 43.1 Å². The van der Waals surface area contributed by atoms with Crippen molar-refractivity contribution in [3.05, 3.63) is 71.1 Å².